The smallest absolute Gasteiger partial charge is 0.140 e. The highest BCUT2D eigenvalue weighted by atomic mass is 32.1. The molecule has 22 aromatic rings. The van der Waals surface area contributed by atoms with E-state index in [9.17, 15) is 0 Å². The van der Waals surface area contributed by atoms with E-state index in [-0.39, 0.29) is 0 Å². The van der Waals surface area contributed by atoms with Gasteiger partial charge in [0.2, 0.25) is 0 Å². The molecule has 0 bridgehead atoms. The zero-order valence-electron chi connectivity index (χ0n) is 65.6. The van der Waals surface area contributed by atoms with Gasteiger partial charge in [0.05, 0.1) is 56.2 Å². The first-order valence-electron chi connectivity index (χ1n) is 40.4. The van der Waals surface area contributed by atoms with Gasteiger partial charge in [-0.15, -0.1) is 11.3 Å². The van der Waals surface area contributed by atoms with Gasteiger partial charge in [-0.2, -0.15) is 0 Å². The molecule has 564 valence electrons. The number of thiophene rings is 1. The Morgan fingerprint density at radius 1 is 0.227 bits per heavy atom. The summed E-state index contributed by atoms with van der Waals surface area (Å²) in [4.78, 5) is 15.4. The van der Waals surface area contributed by atoms with Crippen LogP contribution in [0.1, 0.15) is 0 Å². The van der Waals surface area contributed by atoms with Gasteiger partial charge < -0.3 is 28.1 Å². The summed E-state index contributed by atoms with van der Waals surface area (Å²) in [6.07, 6.45) is 0. The van der Waals surface area contributed by atoms with Crippen molar-refractivity contribution >= 4 is 109 Å². The van der Waals surface area contributed by atoms with E-state index in [0.29, 0.717) is 0 Å². The summed E-state index contributed by atoms with van der Waals surface area (Å²) < 4.78 is 11.9. The van der Waals surface area contributed by atoms with E-state index in [1.54, 1.807) is 0 Å². The van der Waals surface area contributed by atoms with E-state index >= 15 is 0 Å². The van der Waals surface area contributed by atoms with Gasteiger partial charge >= 0.3 is 0 Å². The Bertz CT molecular complexity index is 7390. The SMILES string of the molecule is Cn1c(-c2ccc(-n3c4ccccc4c4c(N(c5ccccc5)c5cc(-c6ccccc6)cc(-c6ccccc6)c5)cccc43)cc2)nc(-c2ccccc2)c1-c1ccccc1.Cn1c(-c2ccc(-n3c4ccccc4c4c(N(c5ccccc5)c5ccc6sc7ccccc7c6c5)cccc43)cc2)nc(-c2ccccc2)c1-c1ccccc1. The Labute approximate surface area is 694 Å². The number of hydrogen-bond acceptors (Lipinski definition) is 5. The summed E-state index contributed by atoms with van der Waals surface area (Å²) in [5, 5.41) is 7.37. The average Bonchev–Trinajstić information content (AvgIpc) is 1.58. The van der Waals surface area contributed by atoms with Gasteiger partial charge in [-0.25, -0.2) is 9.97 Å². The number of imidazole rings is 2. The van der Waals surface area contributed by atoms with Gasteiger partial charge in [0.25, 0.3) is 0 Å². The number of rotatable bonds is 16. The lowest BCUT2D eigenvalue weighted by Gasteiger charge is -2.28. The Morgan fingerprint density at radius 2 is 0.571 bits per heavy atom. The van der Waals surface area contributed by atoms with Crippen LogP contribution in [-0.4, -0.2) is 28.2 Å². The summed E-state index contributed by atoms with van der Waals surface area (Å²) >= 11 is 1.85. The fourth-order valence-electron chi connectivity index (χ4n) is 17.6. The van der Waals surface area contributed by atoms with Crippen molar-refractivity contribution in [2.45, 2.75) is 0 Å². The fraction of sp³-hybridized carbons (Fsp3) is 0.0182. The fourth-order valence-corrected chi connectivity index (χ4v) is 18.7. The third-order valence-corrected chi connectivity index (χ3v) is 24.2. The minimum Gasteiger partial charge on any atom is -0.327 e. The topological polar surface area (TPSA) is 52.0 Å². The normalized spacial score (nSPS) is 11.4. The van der Waals surface area contributed by atoms with E-state index in [1.807, 2.05) is 11.3 Å². The maximum atomic E-state index is 5.31. The molecular weight excluding hydrogens is 1470 g/mol. The molecule has 17 aromatic carbocycles. The van der Waals surface area contributed by atoms with E-state index in [2.05, 4.69) is 479 Å². The molecule has 0 N–H and O–H groups in total. The van der Waals surface area contributed by atoms with Crippen LogP contribution in [0.25, 0.3) is 165 Å². The van der Waals surface area contributed by atoms with Crippen molar-refractivity contribution in [2.75, 3.05) is 9.80 Å². The highest BCUT2D eigenvalue weighted by molar-refractivity contribution is 7.25. The number of benzene rings is 17. The standard InChI is InChI=1S/C58H42N4.C52H36N4S/c1-60-57(44-26-13-5-14-27-44)56(43-24-11-4-12-25-43)59-58(60)45-34-36-49(37-35-45)62-52-31-18-17-30-51(52)55-53(32-19-33-54(55)62)61(48-28-15-6-16-29-48)50-39-46(41-20-7-2-8-21-41)38-47(40-50)42-22-9-3-10-23-42;1-54-51(36-18-7-3-8-19-36)50(35-16-5-2-6-17-35)53-52(54)37-28-30-39(31-29-37)56-44-24-13-11-23-42(44)49-45(25-15-26-46(49)56)55(38-20-9-4-10-21-38)40-32-33-48-43(34-40)41-22-12-14-27-47(41)57-48/h2-40H,1H3;2-34H,1H3. The number of fused-ring (bicyclic) bond motifs is 9. The van der Waals surface area contributed by atoms with Crippen molar-refractivity contribution in [3.8, 4) is 101 Å². The monoisotopic (exact) mass is 1540 g/mol. The molecule has 8 nitrogen and oxygen atoms in total. The molecule has 0 radical (unpaired) electrons. The largest absolute Gasteiger partial charge is 0.327 e. The number of hydrogen-bond donors (Lipinski definition) is 0. The van der Waals surface area contributed by atoms with E-state index in [1.165, 1.54) is 52.8 Å². The van der Waals surface area contributed by atoms with Crippen LogP contribution in [0.15, 0.2) is 437 Å². The number of aromatic nitrogens is 6. The predicted molar refractivity (Wildman–Crippen MR) is 501 cm³/mol. The van der Waals surface area contributed by atoms with Gasteiger partial charge in [0.15, 0.2) is 0 Å². The zero-order chi connectivity index (χ0) is 79.3. The highest BCUT2D eigenvalue weighted by Gasteiger charge is 2.27. The third-order valence-electron chi connectivity index (χ3n) is 23.0. The molecule has 22 rings (SSSR count). The first-order chi connectivity index (χ1) is 58.9. The van der Waals surface area contributed by atoms with Gasteiger partial charge in [-0.05, 0) is 174 Å². The van der Waals surface area contributed by atoms with Gasteiger partial charge in [0, 0.05) is 123 Å². The molecule has 5 aromatic heterocycles. The lowest BCUT2D eigenvalue weighted by molar-refractivity contribution is 0.933. The molecule has 0 aliphatic carbocycles. The van der Waals surface area contributed by atoms with Crippen LogP contribution in [0, 0.1) is 0 Å². The molecule has 0 fully saturated rings. The summed E-state index contributed by atoms with van der Waals surface area (Å²) in [5.41, 5.74) is 28.9. The molecule has 0 saturated carbocycles. The van der Waals surface area contributed by atoms with E-state index < -0.39 is 0 Å². The molecule has 5 heterocycles. The van der Waals surface area contributed by atoms with Crippen molar-refractivity contribution < 1.29 is 0 Å². The number of nitrogens with zero attached hydrogens (tertiary/aromatic N) is 8. The summed E-state index contributed by atoms with van der Waals surface area (Å²) in [6, 6.07) is 156. The second-order valence-corrected chi connectivity index (χ2v) is 31.2. The second kappa shape index (κ2) is 30.7. The lowest BCUT2D eigenvalue weighted by Crippen LogP contribution is -2.11. The van der Waals surface area contributed by atoms with Crippen LogP contribution in [0.2, 0.25) is 0 Å². The number of para-hydroxylation sites is 4. The first-order valence-corrected chi connectivity index (χ1v) is 41.2. The maximum Gasteiger partial charge on any atom is 0.140 e. The Hall–Kier alpha value is -15.4. The minimum absolute atomic E-state index is 0.921. The van der Waals surface area contributed by atoms with Crippen molar-refractivity contribution in [3.05, 3.63) is 437 Å². The average molecular weight is 1540 g/mol. The zero-order valence-corrected chi connectivity index (χ0v) is 66.4. The van der Waals surface area contributed by atoms with Crippen LogP contribution >= 0.6 is 11.3 Å². The van der Waals surface area contributed by atoms with Crippen molar-refractivity contribution in [3.63, 3.8) is 0 Å². The molecule has 9 heteroatoms. The van der Waals surface area contributed by atoms with Crippen LogP contribution in [0.4, 0.5) is 34.1 Å². The van der Waals surface area contributed by atoms with Gasteiger partial charge in [-0.1, -0.05) is 285 Å². The first kappa shape index (κ1) is 71.4. The van der Waals surface area contributed by atoms with Crippen LogP contribution in [0.5, 0.6) is 0 Å². The van der Waals surface area contributed by atoms with E-state index in [0.717, 1.165) is 146 Å². The van der Waals surface area contributed by atoms with Gasteiger partial charge in [0.1, 0.15) is 11.6 Å². The molecule has 0 saturated heterocycles. The lowest BCUT2D eigenvalue weighted by atomic mass is 9.97. The third kappa shape index (κ3) is 13.0. The molecule has 0 spiro atoms. The maximum absolute atomic E-state index is 5.31. The molecule has 119 heavy (non-hydrogen) atoms. The Balaban J connectivity index is 0.000000148. The molecule has 0 aliphatic rings. The van der Waals surface area contributed by atoms with E-state index in [4.69, 9.17) is 9.97 Å². The predicted octanol–water partition coefficient (Wildman–Crippen LogP) is 29.7. The van der Waals surface area contributed by atoms with Crippen molar-refractivity contribution in [1.29, 1.82) is 0 Å². The van der Waals surface area contributed by atoms with Crippen LogP contribution in [-0.2, 0) is 14.1 Å². The highest BCUT2D eigenvalue weighted by Crippen LogP contribution is 2.50. The Kier molecular flexibility index (Phi) is 18.4. The quantitative estimate of drug-likeness (QED) is 0.0967. The van der Waals surface area contributed by atoms with Crippen molar-refractivity contribution in [2.24, 2.45) is 14.1 Å². The molecular formula is C110H78N8S. The minimum atomic E-state index is 0.921. The number of anilines is 6. The summed E-state index contributed by atoms with van der Waals surface area (Å²) in [6.45, 7) is 0. The molecule has 0 atom stereocenters. The van der Waals surface area contributed by atoms with Crippen molar-refractivity contribution in [1.82, 2.24) is 28.2 Å². The Morgan fingerprint density at radius 3 is 1.00 bits per heavy atom. The van der Waals surface area contributed by atoms with Crippen LogP contribution < -0.4 is 9.80 Å². The molecule has 0 aliphatic heterocycles. The summed E-state index contributed by atoms with van der Waals surface area (Å²) in [7, 11) is 4.24. The molecule has 0 unspecified atom stereocenters. The van der Waals surface area contributed by atoms with Gasteiger partial charge in [-0.3, -0.25) is 0 Å². The van der Waals surface area contributed by atoms with Crippen LogP contribution in [0.3, 0.4) is 0 Å². The second-order valence-electron chi connectivity index (χ2n) is 30.1. The summed E-state index contributed by atoms with van der Waals surface area (Å²) in [5.74, 6) is 1.85. The molecule has 0 amide bonds.